The number of rotatable bonds is 7. The molecule has 0 aliphatic carbocycles. The van der Waals surface area contributed by atoms with Gasteiger partial charge in [-0.2, -0.15) is 0 Å². The average molecular weight is 322 g/mol. The van der Waals surface area contributed by atoms with E-state index in [4.69, 9.17) is 0 Å². The van der Waals surface area contributed by atoms with Gasteiger partial charge in [-0.3, -0.25) is 19.7 Å². The van der Waals surface area contributed by atoms with Gasteiger partial charge in [-0.1, -0.05) is 13.8 Å². The van der Waals surface area contributed by atoms with Gasteiger partial charge < -0.3 is 15.5 Å². The van der Waals surface area contributed by atoms with Crippen LogP contribution in [0.5, 0.6) is 0 Å². The average Bonchev–Trinajstić information content (AvgIpc) is 2.49. The largest absolute Gasteiger partial charge is 0.377 e. The van der Waals surface area contributed by atoms with Gasteiger partial charge in [0.05, 0.1) is 10.5 Å². The molecule has 0 spiro atoms. The Labute approximate surface area is 135 Å². The number of amides is 2. The van der Waals surface area contributed by atoms with E-state index in [2.05, 4.69) is 10.6 Å². The van der Waals surface area contributed by atoms with E-state index in [1.165, 1.54) is 18.2 Å². The number of nitrogens with one attached hydrogen (secondary N) is 2. The molecule has 0 aliphatic rings. The topological polar surface area (TPSA) is 105 Å². The van der Waals surface area contributed by atoms with E-state index < -0.39 is 10.8 Å². The predicted molar refractivity (Wildman–Crippen MR) is 87.6 cm³/mol. The molecule has 1 aromatic rings. The molecule has 0 unspecified atom stereocenters. The Balaban J connectivity index is 2.76. The highest BCUT2D eigenvalue weighted by molar-refractivity contribution is 6.00. The van der Waals surface area contributed by atoms with Crippen LogP contribution in [0.3, 0.4) is 0 Å². The molecule has 8 nitrogen and oxygen atoms in total. The number of benzene rings is 1. The molecule has 0 saturated carbocycles. The van der Waals surface area contributed by atoms with E-state index in [1.807, 2.05) is 0 Å². The number of non-ortho nitro benzene ring substituents is 1. The van der Waals surface area contributed by atoms with Crippen LogP contribution >= 0.6 is 0 Å². The van der Waals surface area contributed by atoms with Crippen molar-refractivity contribution in [3.8, 4) is 0 Å². The van der Waals surface area contributed by atoms with Gasteiger partial charge in [0.15, 0.2) is 0 Å². The summed E-state index contributed by atoms with van der Waals surface area (Å²) in [5.74, 6) is -0.636. The van der Waals surface area contributed by atoms with Crippen LogP contribution in [0.15, 0.2) is 18.2 Å². The standard InChI is InChI=1S/C15H22N4O4/c1-10(2)14(20)16-7-8-17-15(21)12-9-11(19(22)23)5-6-13(12)18(3)4/h5-6,9-10H,7-8H2,1-4H3,(H,16,20)(H,17,21). The number of anilines is 1. The molecule has 23 heavy (non-hydrogen) atoms. The zero-order chi connectivity index (χ0) is 17.6. The number of nitro benzene ring substituents is 1. The summed E-state index contributed by atoms with van der Waals surface area (Å²) in [6, 6.07) is 4.14. The number of hydrogen-bond acceptors (Lipinski definition) is 5. The number of hydrogen-bond donors (Lipinski definition) is 2. The minimum atomic E-state index is -0.543. The highest BCUT2D eigenvalue weighted by Gasteiger charge is 2.17. The molecule has 2 N–H and O–H groups in total. The lowest BCUT2D eigenvalue weighted by molar-refractivity contribution is -0.384. The molecule has 0 atom stereocenters. The van der Waals surface area contributed by atoms with Crippen LogP contribution in [0.2, 0.25) is 0 Å². The van der Waals surface area contributed by atoms with Crippen LogP contribution in [-0.4, -0.2) is 43.9 Å². The van der Waals surface area contributed by atoms with Crippen LogP contribution in [0.4, 0.5) is 11.4 Å². The Kier molecular flexibility index (Phi) is 6.49. The SMILES string of the molecule is CC(C)C(=O)NCCNC(=O)c1cc([N+](=O)[O-])ccc1N(C)C. The van der Waals surface area contributed by atoms with Gasteiger partial charge in [0, 0.05) is 50.9 Å². The first-order valence-corrected chi connectivity index (χ1v) is 7.25. The molecule has 0 aromatic heterocycles. The highest BCUT2D eigenvalue weighted by Crippen LogP contribution is 2.24. The Bertz CT molecular complexity index is 599. The lowest BCUT2D eigenvalue weighted by Gasteiger charge is -2.17. The van der Waals surface area contributed by atoms with Crippen molar-refractivity contribution in [2.24, 2.45) is 5.92 Å². The second-order valence-corrected chi connectivity index (χ2v) is 5.55. The minimum absolute atomic E-state index is 0.0939. The number of nitro groups is 1. The smallest absolute Gasteiger partial charge is 0.270 e. The van der Waals surface area contributed by atoms with Crippen molar-refractivity contribution in [1.29, 1.82) is 0 Å². The summed E-state index contributed by atoms with van der Waals surface area (Å²) in [6.45, 7) is 4.10. The van der Waals surface area contributed by atoms with E-state index in [9.17, 15) is 19.7 Å². The summed E-state index contributed by atoms with van der Waals surface area (Å²) < 4.78 is 0. The van der Waals surface area contributed by atoms with Crippen LogP contribution in [0.25, 0.3) is 0 Å². The Hall–Kier alpha value is -2.64. The van der Waals surface area contributed by atoms with Crippen LogP contribution in [-0.2, 0) is 4.79 Å². The minimum Gasteiger partial charge on any atom is -0.377 e. The predicted octanol–water partition coefficient (Wildman–Crippen LogP) is 1.16. The number of nitrogens with zero attached hydrogens (tertiary/aromatic N) is 2. The molecule has 0 bridgehead atoms. The molecule has 0 radical (unpaired) electrons. The number of carbonyl (C=O) groups excluding carboxylic acids is 2. The summed E-state index contributed by atoms with van der Waals surface area (Å²) in [4.78, 5) is 35.7. The second-order valence-electron chi connectivity index (χ2n) is 5.55. The molecular weight excluding hydrogens is 300 g/mol. The highest BCUT2D eigenvalue weighted by atomic mass is 16.6. The Morgan fingerprint density at radius 3 is 2.35 bits per heavy atom. The normalized spacial score (nSPS) is 10.3. The van der Waals surface area contributed by atoms with Crippen LogP contribution < -0.4 is 15.5 Å². The lowest BCUT2D eigenvalue weighted by Crippen LogP contribution is -2.36. The van der Waals surface area contributed by atoms with E-state index >= 15 is 0 Å². The third kappa shape index (κ3) is 5.24. The zero-order valence-corrected chi connectivity index (χ0v) is 13.8. The second kappa shape index (κ2) is 8.11. The van der Waals surface area contributed by atoms with E-state index in [1.54, 1.807) is 32.8 Å². The first kappa shape index (κ1) is 18.4. The van der Waals surface area contributed by atoms with E-state index in [0.717, 1.165) is 0 Å². The van der Waals surface area contributed by atoms with Crippen molar-refractivity contribution in [2.45, 2.75) is 13.8 Å². The summed E-state index contributed by atoms with van der Waals surface area (Å²) in [7, 11) is 3.50. The van der Waals surface area contributed by atoms with Crippen molar-refractivity contribution in [3.63, 3.8) is 0 Å². The van der Waals surface area contributed by atoms with Crippen molar-refractivity contribution in [2.75, 3.05) is 32.1 Å². The molecule has 1 rings (SSSR count). The van der Waals surface area contributed by atoms with Crippen LogP contribution in [0, 0.1) is 16.0 Å². The molecule has 2 amide bonds. The summed E-state index contributed by atoms with van der Waals surface area (Å²) in [5, 5.41) is 16.2. The molecule has 0 heterocycles. The molecule has 8 heteroatoms. The third-order valence-corrected chi connectivity index (χ3v) is 3.15. The fourth-order valence-corrected chi connectivity index (χ4v) is 1.87. The summed E-state index contributed by atoms with van der Waals surface area (Å²) in [6.07, 6.45) is 0. The number of carbonyl (C=O) groups is 2. The van der Waals surface area contributed by atoms with Crippen molar-refractivity contribution < 1.29 is 14.5 Å². The fourth-order valence-electron chi connectivity index (χ4n) is 1.87. The monoisotopic (exact) mass is 322 g/mol. The molecule has 1 aromatic carbocycles. The van der Waals surface area contributed by atoms with Gasteiger partial charge in [-0.15, -0.1) is 0 Å². The Morgan fingerprint density at radius 1 is 1.22 bits per heavy atom. The van der Waals surface area contributed by atoms with E-state index in [-0.39, 0.29) is 29.6 Å². The van der Waals surface area contributed by atoms with Crippen molar-refractivity contribution in [1.82, 2.24) is 10.6 Å². The molecule has 0 fully saturated rings. The lowest BCUT2D eigenvalue weighted by atomic mass is 10.1. The Morgan fingerprint density at radius 2 is 1.83 bits per heavy atom. The van der Waals surface area contributed by atoms with Gasteiger partial charge in [0.2, 0.25) is 5.91 Å². The fraction of sp³-hybridized carbons (Fsp3) is 0.467. The van der Waals surface area contributed by atoms with Gasteiger partial charge >= 0.3 is 0 Å². The third-order valence-electron chi connectivity index (χ3n) is 3.15. The molecule has 126 valence electrons. The quantitative estimate of drug-likeness (QED) is 0.445. The maximum absolute atomic E-state index is 12.3. The zero-order valence-electron chi connectivity index (χ0n) is 13.8. The van der Waals surface area contributed by atoms with Crippen LogP contribution in [0.1, 0.15) is 24.2 Å². The maximum atomic E-state index is 12.3. The summed E-state index contributed by atoms with van der Waals surface area (Å²) >= 11 is 0. The van der Waals surface area contributed by atoms with Gasteiger partial charge in [-0.05, 0) is 6.07 Å². The van der Waals surface area contributed by atoms with Gasteiger partial charge in [0.25, 0.3) is 11.6 Å². The maximum Gasteiger partial charge on any atom is 0.270 e. The molecule has 0 saturated heterocycles. The molecule has 0 aliphatic heterocycles. The summed E-state index contributed by atoms with van der Waals surface area (Å²) in [5.41, 5.74) is 0.660. The van der Waals surface area contributed by atoms with E-state index in [0.29, 0.717) is 12.2 Å². The van der Waals surface area contributed by atoms with Crippen molar-refractivity contribution >= 4 is 23.2 Å². The van der Waals surface area contributed by atoms with Crippen molar-refractivity contribution in [3.05, 3.63) is 33.9 Å². The first-order chi connectivity index (χ1) is 10.7. The van der Waals surface area contributed by atoms with Gasteiger partial charge in [0.1, 0.15) is 0 Å². The van der Waals surface area contributed by atoms with Gasteiger partial charge in [-0.25, -0.2) is 0 Å². The first-order valence-electron chi connectivity index (χ1n) is 7.25. The molecular formula is C15H22N4O4.